The number of hydrogen-bond donors (Lipinski definition) is 1. The van der Waals surface area contributed by atoms with Crippen molar-refractivity contribution in [1.29, 1.82) is 0 Å². The molecular formula is C14H11BrN2O. The van der Waals surface area contributed by atoms with Gasteiger partial charge in [0.05, 0.1) is 0 Å². The molecule has 0 atom stereocenters. The highest BCUT2D eigenvalue weighted by Gasteiger charge is 1.98. The second kappa shape index (κ2) is 6.12. The number of benzene rings is 1. The van der Waals surface area contributed by atoms with Crippen LogP contribution in [0.4, 0.5) is 5.82 Å². The zero-order valence-electron chi connectivity index (χ0n) is 9.51. The summed E-state index contributed by atoms with van der Waals surface area (Å²) in [7, 11) is 0. The van der Waals surface area contributed by atoms with Crippen LogP contribution in [0.15, 0.2) is 59.2 Å². The highest BCUT2D eigenvalue weighted by atomic mass is 79.9. The van der Waals surface area contributed by atoms with Crippen LogP contribution < -0.4 is 5.32 Å². The van der Waals surface area contributed by atoms with E-state index in [4.69, 9.17) is 0 Å². The lowest BCUT2D eigenvalue weighted by Crippen LogP contribution is -2.08. The van der Waals surface area contributed by atoms with E-state index in [1.807, 2.05) is 36.4 Å². The van der Waals surface area contributed by atoms with E-state index in [0.717, 1.165) is 10.0 Å². The van der Waals surface area contributed by atoms with Crippen LogP contribution in [0.1, 0.15) is 5.56 Å². The molecule has 0 saturated carbocycles. The van der Waals surface area contributed by atoms with Gasteiger partial charge in [-0.3, -0.25) is 4.79 Å². The molecule has 2 aromatic rings. The summed E-state index contributed by atoms with van der Waals surface area (Å²) >= 11 is 3.28. The van der Waals surface area contributed by atoms with Crippen LogP contribution in [0, 0.1) is 0 Å². The molecule has 1 amide bonds. The topological polar surface area (TPSA) is 42.0 Å². The number of anilines is 1. The minimum atomic E-state index is -0.200. The molecule has 0 unspecified atom stereocenters. The van der Waals surface area contributed by atoms with Crippen molar-refractivity contribution >= 4 is 33.7 Å². The first-order valence-corrected chi connectivity index (χ1v) is 6.19. The second-order valence-electron chi connectivity index (χ2n) is 3.59. The summed E-state index contributed by atoms with van der Waals surface area (Å²) in [6, 6.07) is 13.2. The number of carbonyl (C=O) groups is 1. The van der Waals surface area contributed by atoms with E-state index < -0.39 is 0 Å². The van der Waals surface area contributed by atoms with Crippen molar-refractivity contribution in [3.8, 4) is 0 Å². The highest BCUT2D eigenvalue weighted by molar-refractivity contribution is 9.10. The number of rotatable bonds is 3. The van der Waals surface area contributed by atoms with Gasteiger partial charge >= 0.3 is 0 Å². The van der Waals surface area contributed by atoms with Gasteiger partial charge in [0.2, 0.25) is 5.91 Å². The molecule has 0 radical (unpaired) electrons. The summed E-state index contributed by atoms with van der Waals surface area (Å²) < 4.78 is 0.875. The van der Waals surface area contributed by atoms with Crippen LogP contribution in [-0.2, 0) is 4.79 Å². The number of pyridine rings is 1. The molecule has 1 N–H and O–H groups in total. The molecule has 4 heteroatoms. The Morgan fingerprint density at radius 1 is 1.17 bits per heavy atom. The van der Waals surface area contributed by atoms with Gasteiger partial charge in [-0.25, -0.2) is 4.98 Å². The van der Waals surface area contributed by atoms with Crippen molar-refractivity contribution < 1.29 is 4.79 Å². The number of nitrogens with zero attached hydrogens (tertiary/aromatic N) is 1. The van der Waals surface area contributed by atoms with Crippen molar-refractivity contribution in [2.24, 2.45) is 0 Å². The molecule has 1 heterocycles. The Labute approximate surface area is 114 Å². The monoisotopic (exact) mass is 302 g/mol. The average Bonchev–Trinajstić information content (AvgIpc) is 2.40. The molecule has 0 bridgehead atoms. The van der Waals surface area contributed by atoms with Gasteiger partial charge < -0.3 is 5.32 Å². The number of aromatic nitrogens is 1. The molecule has 0 spiro atoms. The SMILES string of the molecule is O=C(/C=C/c1ccccc1)Nc1ccc(Br)cn1. The Bertz CT molecular complexity index is 550. The first kappa shape index (κ1) is 12.5. The first-order valence-electron chi connectivity index (χ1n) is 5.40. The summed E-state index contributed by atoms with van der Waals surface area (Å²) in [5, 5.41) is 2.68. The summed E-state index contributed by atoms with van der Waals surface area (Å²) in [6.07, 6.45) is 4.88. The van der Waals surface area contributed by atoms with Crippen LogP contribution in [0.3, 0.4) is 0 Å². The quantitative estimate of drug-likeness (QED) is 0.882. The van der Waals surface area contributed by atoms with Gasteiger partial charge in [-0.1, -0.05) is 30.3 Å². The predicted octanol–water partition coefficient (Wildman–Crippen LogP) is 3.50. The molecule has 0 aliphatic rings. The molecule has 0 aliphatic carbocycles. The van der Waals surface area contributed by atoms with Gasteiger partial charge in [-0.05, 0) is 39.7 Å². The molecule has 2 rings (SSSR count). The van der Waals surface area contributed by atoms with Gasteiger partial charge in [-0.2, -0.15) is 0 Å². The van der Waals surface area contributed by atoms with E-state index in [0.29, 0.717) is 5.82 Å². The molecule has 3 nitrogen and oxygen atoms in total. The third-order valence-electron chi connectivity index (χ3n) is 2.21. The Kier molecular flexibility index (Phi) is 4.25. The molecule has 90 valence electrons. The lowest BCUT2D eigenvalue weighted by Gasteiger charge is -2.00. The minimum absolute atomic E-state index is 0.200. The number of hydrogen-bond acceptors (Lipinski definition) is 2. The molecule has 18 heavy (non-hydrogen) atoms. The maximum atomic E-state index is 11.6. The van der Waals surface area contributed by atoms with E-state index in [9.17, 15) is 4.79 Å². The van der Waals surface area contributed by atoms with Crippen molar-refractivity contribution in [3.05, 3.63) is 64.8 Å². The van der Waals surface area contributed by atoms with Gasteiger partial charge in [-0.15, -0.1) is 0 Å². The van der Waals surface area contributed by atoms with E-state index in [1.54, 1.807) is 18.3 Å². The van der Waals surface area contributed by atoms with Crippen molar-refractivity contribution in [2.45, 2.75) is 0 Å². The maximum absolute atomic E-state index is 11.6. The molecule has 0 saturated heterocycles. The molecular weight excluding hydrogens is 292 g/mol. The van der Waals surface area contributed by atoms with Crippen LogP contribution in [0.5, 0.6) is 0 Å². The standard InChI is InChI=1S/C14H11BrN2O/c15-12-7-8-13(16-10-12)17-14(18)9-6-11-4-2-1-3-5-11/h1-10H,(H,16,17,18)/b9-6+. The van der Waals surface area contributed by atoms with Crippen LogP contribution in [-0.4, -0.2) is 10.9 Å². The van der Waals surface area contributed by atoms with Gasteiger partial charge in [0, 0.05) is 16.7 Å². The number of amides is 1. The number of halogens is 1. The zero-order valence-corrected chi connectivity index (χ0v) is 11.1. The van der Waals surface area contributed by atoms with E-state index in [2.05, 4.69) is 26.2 Å². The zero-order chi connectivity index (χ0) is 12.8. The third-order valence-corrected chi connectivity index (χ3v) is 2.67. The van der Waals surface area contributed by atoms with Gasteiger partial charge in [0.25, 0.3) is 0 Å². The van der Waals surface area contributed by atoms with Crippen LogP contribution in [0.25, 0.3) is 6.08 Å². The van der Waals surface area contributed by atoms with Gasteiger partial charge in [0.1, 0.15) is 5.82 Å². The Morgan fingerprint density at radius 2 is 1.94 bits per heavy atom. The number of carbonyl (C=O) groups excluding carboxylic acids is 1. The minimum Gasteiger partial charge on any atom is -0.307 e. The van der Waals surface area contributed by atoms with Crippen molar-refractivity contribution in [1.82, 2.24) is 4.98 Å². The first-order chi connectivity index (χ1) is 8.74. The normalized spacial score (nSPS) is 10.5. The highest BCUT2D eigenvalue weighted by Crippen LogP contribution is 2.10. The summed E-state index contributed by atoms with van der Waals surface area (Å²) in [5.74, 6) is 0.328. The summed E-state index contributed by atoms with van der Waals surface area (Å²) in [4.78, 5) is 15.7. The average molecular weight is 303 g/mol. The van der Waals surface area contributed by atoms with E-state index in [1.165, 1.54) is 6.08 Å². The fourth-order valence-electron chi connectivity index (χ4n) is 1.35. The molecule has 1 aromatic heterocycles. The van der Waals surface area contributed by atoms with E-state index >= 15 is 0 Å². The Hall–Kier alpha value is -1.94. The predicted molar refractivity (Wildman–Crippen MR) is 76.0 cm³/mol. The lowest BCUT2D eigenvalue weighted by atomic mass is 10.2. The molecule has 0 aliphatic heterocycles. The Balaban J connectivity index is 1.97. The summed E-state index contributed by atoms with van der Waals surface area (Å²) in [5.41, 5.74) is 0.983. The van der Waals surface area contributed by atoms with Crippen LogP contribution >= 0.6 is 15.9 Å². The largest absolute Gasteiger partial charge is 0.307 e. The van der Waals surface area contributed by atoms with Crippen molar-refractivity contribution in [2.75, 3.05) is 5.32 Å². The van der Waals surface area contributed by atoms with Gasteiger partial charge in [0.15, 0.2) is 0 Å². The molecule has 1 aromatic carbocycles. The maximum Gasteiger partial charge on any atom is 0.249 e. The summed E-state index contributed by atoms with van der Waals surface area (Å²) in [6.45, 7) is 0. The van der Waals surface area contributed by atoms with Crippen molar-refractivity contribution in [3.63, 3.8) is 0 Å². The smallest absolute Gasteiger partial charge is 0.249 e. The third kappa shape index (κ3) is 3.82. The Morgan fingerprint density at radius 3 is 2.61 bits per heavy atom. The van der Waals surface area contributed by atoms with E-state index in [-0.39, 0.29) is 5.91 Å². The fraction of sp³-hybridized carbons (Fsp3) is 0. The number of nitrogens with one attached hydrogen (secondary N) is 1. The fourth-order valence-corrected chi connectivity index (χ4v) is 1.59. The van der Waals surface area contributed by atoms with Crippen LogP contribution in [0.2, 0.25) is 0 Å². The molecule has 0 fully saturated rings. The lowest BCUT2D eigenvalue weighted by molar-refractivity contribution is -0.111. The second-order valence-corrected chi connectivity index (χ2v) is 4.51.